The van der Waals surface area contributed by atoms with Gasteiger partial charge in [0.15, 0.2) is 11.5 Å². The number of benzene rings is 2. The van der Waals surface area contributed by atoms with Crippen LogP contribution in [0.3, 0.4) is 0 Å². The van der Waals surface area contributed by atoms with Gasteiger partial charge in [-0.2, -0.15) is 0 Å². The summed E-state index contributed by atoms with van der Waals surface area (Å²) in [6, 6.07) is 11.9. The maximum Gasteiger partial charge on any atom is 0.586 e. The molecule has 2 aromatic carbocycles. The van der Waals surface area contributed by atoms with E-state index in [1.807, 2.05) is 0 Å². The van der Waals surface area contributed by atoms with Crippen molar-refractivity contribution in [2.45, 2.75) is 12.4 Å². The number of aliphatic hydroxyl groups excluding tert-OH is 1. The summed E-state index contributed by atoms with van der Waals surface area (Å²) < 4.78 is 41.1. The maximum atomic E-state index is 13.3. The number of nitrogens with zero attached hydrogens (tertiary/aromatic N) is 1. The molecule has 7 heteroatoms. The molecular weight excluding hydrogens is 344 g/mol. The molecule has 0 radical (unpaired) electrons. The molecule has 1 fully saturated rings. The minimum Gasteiger partial charge on any atom is -0.395 e. The normalized spacial score (nSPS) is 20.1. The fourth-order valence-corrected chi connectivity index (χ4v) is 3.22. The molecule has 0 spiro atoms. The van der Waals surface area contributed by atoms with Crippen LogP contribution >= 0.6 is 0 Å². The highest BCUT2D eigenvalue weighted by atomic mass is 19.3. The van der Waals surface area contributed by atoms with Crippen LogP contribution in [0.5, 0.6) is 11.5 Å². The van der Waals surface area contributed by atoms with Crippen molar-refractivity contribution in [2.24, 2.45) is 0 Å². The molecule has 0 aliphatic carbocycles. The number of alkyl halides is 2. The second-order valence-corrected chi connectivity index (χ2v) is 6.35. The number of para-hydroxylation sites is 1. The Balaban J connectivity index is 1.51. The molecule has 0 amide bonds. The second-order valence-electron chi connectivity index (χ2n) is 6.35. The molecule has 1 saturated heterocycles. The van der Waals surface area contributed by atoms with E-state index in [1.54, 1.807) is 36.4 Å². The maximum absolute atomic E-state index is 13.3. The van der Waals surface area contributed by atoms with E-state index >= 15 is 0 Å². The zero-order chi connectivity index (χ0) is 18.1. The fraction of sp³-hybridized carbons (Fsp3) is 0.368. The molecule has 2 heterocycles. The van der Waals surface area contributed by atoms with Crippen molar-refractivity contribution >= 4 is 0 Å². The van der Waals surface area contributed by atoms with Gasteiger partial charge in [0.25, 0.3) is 0 Å². The summed E-state index contributed by atoms with van der Waals surface area (Å²) in [6.45, 7) is 3.50. The van der Waals surface area contributed by atoms with Crippen molar-refractivity contribution < 1.29 is 28.1 Å². The molecule has 0 saturated carbocycles. The van der Waals surface area contributed by atoms with E-state index in [-0.39, 0.29) is 11.5 Å². The summed E-state index contributed by atoms with van der Waals surface area (Å²) in [7, 11) is 0. The molecule has 26 heavy (non-hydrogen) atoms. The quantitative estimate of drug-likeness (QED) is 0.905. The summed E-state index contributed by atoms with van der Waals surface area (Å²) in [6.07, 6.45) is -4.26. The molecule has 4 rings (SSSR count). The highest BCUT2D eigenvalue weighted by molar-refractivity contribution is 5.74. The Morgan fingerprint density at radius 3 is 2.50 bits per heavy atom. The van der Waals surface area contributed by atoms with Gasteiger partial charge in [0.2, 0.25) is 0 Å². The first kappa shape index (κ1) is 17.2. The molecular formula is C19H19F2NO4. The van der Waals surface area contributed by atoms with Gasteiger partial charge in [-0.25, -0.2) is 0 Å². The average Bonchev–Trinajstić information content (AvgIpc) is 2.96. The van der Waals surface area contributed by atoms with Crippen molar-refractivity contribution in [1.29, 1.82) is 0 Å². The number of hydrogen-bond acceptors (Lipinski definition) is 5. The minimum absolute atomic E-state index is 0.0175. The van der Waals surface area contributed by atoms with Crippen molar-refractivity contribution in [2.75, 3.05) is 32.8 Å². The summed E-state index contributed by atoms with van der Waals surface area (Å²) in [5, 5.41) is 10.4. The van der Waals surface area contributed by atoms with Gasteiger partial charge in [0, 0.05) is 25.2 Å². The van der Waals surface area contributed by atoms with Crippen LogP contribution in [-0.2, 0) is 4.74 Å². The molecule has 138 valence electrons. The van der Waals surface area contributed by atoms with Crippen molar-refractivity contribution in [1.82, 2.24) is 4.90 Å². The summed E-state index contributed by atoms with van der Waals surface area (Å²) in [4.78, 5) is 2.15. The van der Waals surface area contributed by atoms with Crippen molar-refractivity contribution in [3.05, 3.63) is 48.0 Å². The van der Waals surface area contributed by atoms with Crippen LogP contribution in [-0.4, -0.2) is 49.1 Å². The van der Waals surface area contributed by atoms with Crippen molar-refractivity contribution in [3.63, 3.8) is 0 Å². The molecule has 2 aliphatic rings. The van der Waals surface area contributed by atoms with E-state index < -0.39 is 12.4 Å². The summed E-state index contributed by atoms with van der Waals surface area (Å²) >= 11 is 0. The lowest BCUT2D eigenvalue weighted by molar-refractivity contribution is -0.286. The van der Waals surface area contributed by atoms with Crippen molar-refractivity contribution in [3.8, 4) is 22.6 Å². The Kier molecular flexibility index (Phi) is 4.52. The average molecular weight is 363 g/mol. The van der Waals surface area contributed by atoms with E-state index in [0.717, 1.165) is 18.7 Å². The summed E-state index contributed by atoms with van der Waals surface area (Å²) in [5.74, 6) is 0.0445. The van der Waals surface area contributed by atoms with Gasteiger partial charge in [-0.05, 0) is 17.2 Å². The Labute approximate surface area is 149 Å². The number of morpholine rings is 1. The van der Waals surface area contributed by atoms with Gasteiger partial charge in [0.1, 0.15) is 0 Å². The summed E-state index contributed by atoms with van der Waals surface area (Å²) in [5.41, 5.74) is 2.01. The molecule has 2 aliphatic heterocycles. The van der Waals surface area contributed by atoms with Gasteiger partial charge >= 0.3 is 6.29 Å². The Morgan fingerprint density at radius 1 is 1.04 bits per heavy atom. The monoisotopic (exact) mass is 363 g/mol. The first-order valence-corrected chi connectivity index (χ1v) is 8.49. The van der Waals surface area contributed by atoms with Gasteiger partial charge in [-0.3, -0.25) is 4.90 Å². The number of β-amino-alcohol motifs (C(OH)–C–C–N with tert-alkyl or cyclic N) is 1. The van der Waals surface area contributed by atoms with E-state index in [9.17, 15) is 13.9 Å². The van der Waals surface area contributed by atoms with E-state index in [2.05, 4.69) is 14.4 Å². The number of aliphatic hydroxyl groups is 1. The zero-order valence-corrected chi connectivity index (χ0v) is 14.0. The largest absolute Gasteiger partial charge is 0.586 e. The van der Waals surface area contributed by atoms with Crippen LogP contribution in [0.25, 0.3) is 11.1 Å². The third-order valence-corrected chi connectivity index (χ3v) is 4.57. The van der Waals surface area contributed by atoms with Crippen LogP contribution in [0.15, 0.2) is 42.5 Å². The molecule has 2 aromatic rings. The molecule has 5 nitrogen and oxygen atoms in total. The Bertz CT molecular complexity index is 776. The lowest BCUT2D eigenvalue weighted by Crippen LogP contribution is -2.38. The third kappa shape index (κ3) is 3.51. The Hall–Kier alpha value is -2.22. The number of ether oxygens (including phenoxy) is 3. The SMILES string of the molecule is O[C@H](CN1CCOCC1)c1ccc(-c2cccc3c2OC(F)(F)O3)cc1. The molecule has 1 N–H and O–H groups in total. The minimum atomic E-state index is -3.65. The predicted octanol–water partition coefficient (Wildman–Crippen LogP) is 3.04. The smallest absolute Gasteiger partial charge is 0.395 e. The number of rotatable bonds is 4. The van der Waals surface area contributed by atoms with Crippen LogP contribution in [0.2, 0.25) is 0 Å². The van der Waals surface area contributed by atoms with E-state index in [1.165, 1.54) is 6.07 Å². The molecule has 0 bridgehead atoms. The lowest BCUT2D eigenvalue weighted by atomic mass is 10.0. The molecule has 0 aromatic heterocycles. The van der Waals surface area contributed by atoms with Gasteiger partial charge < -0.3 is 19.3 Å². The van der Waals surface area contributed by atoms with E-state index in [4.69, 9.17) is 4.74 Å². The fourth-order valence-electron chi connectivity index (χ4n) is 3.22. The van der Waals surface area contributed by atoms with Gasteiger partial charge in [-0.15, -0.1) is 8.78 Å². The molecule has 1 atom stereocenters. The topological polar surface area (TPSA) is 51.2 Å². The highest BCUT2D eigenvalue weighted by Crippen LogP contribution is 2.46. The van der Waals surface area contributed by atoms with Crippen LogP contribution < -0.4 is 9.47 Å². The first-order valence-electron chi connectivity index (χ1n) is 8.49. The van der Waals surface area contributed by atoms with Gasteiger partial charge in [-0.1, -0.05) is 36.4 Å². The van der Waals surface area contributed by atoms with Crippen LogP contribution in [0.4, 0.5) is 8.78 Å². The molecule has 0 unspecified atom stereocenters. The van der Waals surface area contributed by atoms with Crippen LogP contribution in [0.1, 0.15) is 11.7 Å². The van der Waals surface area contributed by atoms with Gasteiger partial charge in [0.05, 0.1) is 19.3 Å². The zero-order valence-electron chi connectivity index (χ0n) is 14.0. The Morgan fingerprint density at radius 2 is 1.77 bits per heavy atom. The van der Waals surface area contributed by atoms with Crippen LogP contribution in [0, 0.1) is 0 Å². The van der Waals surface area contributed by atoms with E-state index in [0.29, 0.717) is 30.9 Å². The predicted molar refractivity (Wildman–Crippen MR) is 90.3 cm³/mol. The number of fused-ring (bicyclic) bond motifs is 1. The third-order valence-electron chi connectivity index (χ3n) is 4.57. The lowest BCUT2D eigenvalue weighted by Gasteiger charge is -2.28. The first-order chi connectivity index (χ1) is 12.5. The standard InChI is InChI=1S/C19H19F2NO4/c20-19(21)25-17-3-1-2-15(18(17)26-19)13-4-6-14(7-5-13)16(23)12-22-8-10-24-11-9-22/h1-7,16,23H,8-12H2/t16-/m1/s1. The second kappa shape index (κ2) is 6.83. The number of halogens is 2. The highest BCUT2D eigenvalue weighted by Gasteiger charge is 2.44. The number of hydrogen-bond donors (Lipinski definition) is 1.